The van der Waals surface area contributed by atoms with Gasteiger partial charge in [-0.05, 0) is 0 Å². The number of aliphatic hydroxyl groups excluding tert-OH is 2. The van der Waals surface area contributed by atoms with Gasteiger partial charge in [0, 0.05) is 6.20 Å². The molecule has 4 N–H and O–H groups in total. The van der Waals surface area contributed by atoms with Crippen LogP contribution in [0.3, 0.4) is 0 Å². The van der Waals surface area contributed by atoms with Gasteiger partial charge in [-0.15, -0.1) is 0 Å². The standard InChI is InChI=1S/C10H13ClN4O3/c11-7-1-15(5-18-6(2-16)3-17)10-8(7)9(12)13-4-14-10/h1,4,6,16-17H,2-3,5H2,(H2,12,13,14). The number of anilines is 1. The minimum atomic E-state index is -0.639. The van der Waals surface area contributed by atoms with Gasteiger partial charge in [0.15, 0.2) is 0 Å². The average molecular weight is 273 g/mol. The topological polar surface area (TPSA) is 106 Å². The third kappa shape index (κ3) is 2.39. The fourth-order valence-corrected chi connectivity index (χ4v) is 1.85. The Balaban J connectivity index is 2.27. The Bertz CT molecular complexity index is 541. The van der Waals surface area contributed by atoms with Crippen LogP contribution in [0.25, 0.3) is 11.0 Å². The number of nitrogens with two attached hydrogens (primary N) is 1. The molecule has 0 saturated heterocycles. The molecule has 0 aliphatic carbocycles. The number of ether oxygens (including phenoxy) is 1. The van der Waals surface area contributed by atoms with Crippen molar-refractivity contribution in [3.05, 3.63) is 17.5 Å². The molecule has 0 radical (unpaired) electrons. The number of rotatable bonds is 5. The van der Waals surface area contributed by atoms with Gasteiger partial charge < -0.3 is 25.3 Å². The lowest BCUT2D eigenvalue weighted by molar-refractivity contribution is -0.0486. The molecule has 2 aromatic heterocycles. The van der Waals surface area contributed by atoms with Crippen molar-refractivity contribution in [2.45, 2.75) is 12.8 Å². The Morgan fingerprint density at radius 3 is 2.78 bits per heavy atom. The van der Waals surface area contributed by atoms with E-state index in [4.69, 9.17) is 32.3 Å². The number of nitrogens with zero attached hydrogens (tertiary/aromatic N) is 3. The van der Waals surface area contributed by atoms with Crippen molar-refractivity contribution in [3.8, 4) is 0 Å². The molecule has 8 heteroatoms. The van der Waals surface area contributed by atoms with Crippen LogP contribution in [0.15, 0.2) is 12.5 Å². The van der Waals surface area contributed by atoms with E-state index in [-0.39, 0.29) is 19.9 Å². The maximum Gasteiger partial charge on any atom is 0.148 e. The molecule has 0 aliphatic heterocycles. The van der Waals surface area contributed by atoms with Gasteiger partial charge in [-0.25, -0.2) is 9.97 Å². The molecule has 0 saturated carbocycles. The Labute approximate surface area is 108 Å². The number of halogens is 1. The summed E-state index contributed by atoms with van der Waals surface area (Å²) in [6.07, 6.45) is 2.31. The van der Waals surface area contributed by atoms with E-state index in [0.29, 0.717) is 21.9 Å². The highest BCUT2D eigenvalue weighted by Crippen LogP contribution is 2.27. The molecule has 18 heavy (non-hydrogen) atoms. The quantitative estimate of drug-likeness (QED) is 0.707. The van der Waals surface area contributed by atoms with Crippen LogP contribution in [0, 0.1) is 0 Å². The van der Waals surface area contributed by atoms with Crippen LogP contribution in [-0.4, -0.2) is 44.1 Å². The molecule has 0 fully saturated rings. The molecule has 98 valence electrons. The number of aliphatic hydroxyl groups is 2. The summed E-state index contributed by atoms with van der Waals surface area (Å²) in [5, 5.41) is 18.8. The van der Waals surface area contributed by atoms with Crippen molar-refractivity contribution in [3.63, 3.8) is 0 Å². The summed E-state index contributed by atoms with van der Waals surface area (Å²) in [5.74, 6) is 0.296. The minimum absolute atomic E-state index is 0.103. The van der Waals surface area contributed by atoms with E-state index in [2.05, 4.69) is 9.97 Å². The summed E-state index contributed by atoms with van der Waals surface area (Å²) in [4.78, 5) is 7.93. The molecular weight excluding hydrogens is 260 g/mol. The van der Waals surface area contributed by atoms with Crippen LogP contribution in [0.1, 0.15) is 0 Å². The number of aromatic nitrogens is 3. The molecule has 0 unspecified atom stereocenters. The molecule has 0 aliphatic rings. The summed E-state index contributed by atoms with van der Waals surface area (Å²) >= 11 is 6.03. The largest absolute Gasteiger partial charge is 0.394 e. The van der Waals surface area contributed by atoms with Gasteiger partial charge in [0.2, 0.25) is 0 Å². The Morgan fingerprint density at radius 1 is 1.39 bits per heavy atom. The van der Waals surface area contributed by atoms with E-state index >= 15 is 0 Å². The van der Waals surface area contributed by atoms with Gasteiger partial charge >= 0.3 is 0 Å². The first-order chi connectivity index (χ1) is 8.67. The maximum atomic E-state index is 8.90. The first-order valence-corrected chi connectivity index (χ1v) is 5.63. The second kappa shape index (κ2) is 5.49. The van der Waals surface area contributed by atoms with Crippen molar-refractivity contribution >= 4 is 28.5 Å². The summed E-state index contributed by atoms with van der Waals surface area (Å²) in [6, 6.07) is 0. The molecule has 7 nitrogen and oxygen atoms in total. The zero-order valence-electron chi connectivity index (χ0n) is 9.45. The highest BCUT2D eigenvalue weighted by atomic mass is 35.5. The Kier molecular flexibility index (Phi) is 3.97. The number of hydrogen-bond donors (Lipinski definition) is 3. The predicted octanol–water partition coefficient (Wildman–Crippen LogP) is -0.00580. The van der Waals surface area contributed by atoms with Crippen molar-refractivity contribution < 1.29 is 14.9 Å². The summed E-state index contributed by atoms with van der Waals surface area (Å²) in [5.41, 5.74) is 6.25. The molecule has 0 aromatic carbocycles. The molecule has 0 bridgehead atoms. The monoisotopic (exact) mass is 272 g/mol. The Morgan fingerprint density at radius 2 is 2.11 bits per heavy atom. The van der Waals surface area contributed by atoms with Gasteiger partial charge in [0.25, 0.3) is 0 Å². The number of fused-ring (bicyclic) bond motifs is 1. The normalized spacial score (nSPS) is 11.6. The van der Waals surface area contributed by atoms with Crippen molar-refractivity contribution in [2.75, 3.05) is 18.9 Å². The van der Waals surface area contributed by atoms with E-state index in [1.54, 1.807) is 10.8 Å². The smallest absolute Gasteiger partial charge is 0.148 e. The number of hydrogen-bond acceptors (Lipinski definition) is 6. The molecule has 2 aromatic rings. The molecule has 0 atom stereocenters. The van der Waals surface area contributed by atoms with Crippen LogP contribution < -0.4 is 5.73 Å². The first-order valence-electron chi connectivity index (χ1n) is 5.25. The second-order valence-electron chi connectivity index (χ2n) is 3.69. The van der Waals surface area contributed by atoms with E-state index in [9.17, 15) is 0 Å². The van der Waals surface area contributed by atoms with Crippen molar-refractivity contribution in [2.24, 2.45) is 0 Å². The SMILES string of the molecule is Nc1ncnc2c1c(Cl)cn2COC(CO)CO. The van der Waals surface area contributed by atoms with Crippen LogP contribution in [0.5, 0.6) is 0 Å². The molecule has 0 spiro atoms. The van der Waals surface area contributed by atoms with E-state index in [1.165, 1.54) is 6.33 Å². The highest BCUT2D eigenvalue weighted by Gasteiger charge is 2.13. The second-order valence-corrected chi connectivity index (χ2v) is 4.09. The third-order valence-corrected chi connectivity index (χ3v) is 2.78. The lowest BCUT2D eigenvalue weighted by Crippen LogP contribution is -2.23. The van der Waals surface area contributed by atoms with Crippen LogP contribution >= 0.6 is 11.6 Å². The van der Waals surface area contributed by atoms with Gasteiger partial charge in [-0.1, -0.05) is 11.6 Å². The van der Waals surface area contributed by atoms with Crippen molar-refractivity contribution in [1.82, 2.24) is 14.5 Å². The van der Waals surface area contributed by atoms with Crippen LogP contribution in [0.4, 0.5) is 5.82 Å². The summed E-state index contributed by atoms with van der Waals surface area (Å²) < 4.78 is 6.92. The lowest BCUT2D eigenvalue weighted by Gasteiger charge is -2.13. The molecule has 0 amide bonds. The average Bonchev–Trinajstić information content (AvgIpc) is 2.69. The third-order valence-electron chi connectivity index (χ3n) is 2.49. The van der Waals surface area contributed by atoms with Gasteiger partial charge in [0.1, 0.15) is 30.6 Å². The van der Waals surface area contributed by atoms with Crippen LogP contribution in [-0.2, 0) is 11.5 Å². The molecule has 2 rings (SSSR count). The van der Waals surface area contributed by atoms with Crippen LogP contribution in [0.2, 0.25) is 5.02 Å². The predicted molar refractivity (Wildman–Crippen MR) is 66.0 cm³/mol. The van der Waals surface area contributed by atoms with E-state index in [0.717, 1.165) is 0 Å². The number of nitrogen functional groups attached to an aromatic ring is 1. The summed E-state index contributed by atoms with van der Waals surface area (Å²) in [6.45, 7) is -0.424. The molecular formula is C10H13ClN4O3. The zero-order valence-corrected chi connectivity index (χ0v) is 10.2. The fraction of sp³-hybridized carbons (Fsp3) is 0.400. The first kappa shape index (κ1) is 13.0. The van der Waals surface area contributed by atoms with E-state index < -0.39 is 6.10 Å². The zero-order chi connectivity index (χ0) is 13.1. The maximum absolute atomic E-state index is 8.90. The summed E-state index contributed by atoms with van der Waals surface area (Å²) in [7, 11) is 0. The highest BCUT2D eigenvalue weighted by molar-refractivity contribution is 6.36. The fourth-order valence-electron chi connectivity index (χ4n) is 1.55. The van der Waals surface area contributed by atoms with Gasteiger partial charge in [-0.3, -0.25) is 0 Å². The Hall–Kier alpha value is -1.41. The minimum Gasteiger partial charge on any atom is -0.394 e. The van der Waals surface area contributed by atoms with Gasteiger partial charge in [-0.2, -0.15) is 0 Å². The van der Waals surface area contributed by atoms with Gasteiger partial charge in [0.05, 0.1) is 23.6 Å². The van der Waals surface area contributed by atoms with E-state index in [1.807, 2.05) is 0 Å². The molecule has 2 heterocycles. The lowest BCUT2D eigenvalue weighted by atomic mass is 10.4. The van der Waals surface area contributed by atoms with Crippen molar-refractivity contribution in [1.29, 1.82) is 0 Å².